The van der Waals surface area contributed by atoms with Crippen LogP contribution in [0.25, 0.3) is 0 Å². The van der Waals surface area contributed by atoms with Gasteiger partial charge in [-0.15, -0.1) is 11.8 Å². The maximum absolute atomic E-state index is 10.6. The van der Waals surface area contributed by atoms with E-state index in [4.69, 9.17) is 10.8 Å². The maximum atomic E-state index is 10.6. The molecule has 1 aromatic rings. The van der Waals surface area contributed by atoms with Crippen molar-refractivity contribution in [3.8, 4) is 0 Å². The molecule has 0 aliphatic heterocycles. The highest BCUT2D eigenvalue weighted by molar-refractivity contribution is 7.99. The molecule has 1 aromatic heterocycles. The maximum Gasteiger partial charge on any atom is 0.337 e. The van der Waals surface area contributed by atoms with E-state index in [9.17, 15) is 4.79 Å². The van der Waals surface area contributed by atoms with Crippen LogP contribution in [0.2, 0.25) is 0 Å². The number of pyridine rings is 1. The van der Waals surface area contributed by atoms with Crippen molar-refractivity contribution in [3.05, 3.63) is 17.8 Å². The van der Waals surface area contributed by atoms with Crippen molar-refractivity contribution < 1.29 is 9.90 Å². The first-order chi connectivity index (χ1) is 6.50. The Labute approximate surface area is 86.5 Å². The van der Waals surface area contributed by atoms with Crippen molar-refractivity contribution in [2.75, 3.05) is 5.73 Å². The van der Waals surface area contributed by atoms with Crippen LogP contribution in [0.5, 0.6) is 0 Å². The molecule has 3 N–H and O–H groups in total. The van der Waals surface area contributed by atoms with E-state index in [0.29, 0.717) is 16.0 Å². The van der Waals surface area contributed by atoms with Gasteiger partial charge in [0.1, 0.15) is 5.03 Å². The van der Waals surface area contributed by atoms with Crippen LogP contribution in [0.3, 0.4) is 0 Å². The molecule has 0 amide bonds. The van der Waals surface area contributed by atoms with Crippen molar-refractivity contribution in [2.24, 2.45) is 0 Å². The second kappa shape index (κ2) is 4.32. The molecule has 0 fully saturated rings. The summed E-state index contributed by atoms with van der Waals surface area (Å²) >= 11 is 1.52. The third-order valence-corrected chi connectivity index (χ3v) is 2.51. The predicted molar refractivity (Wildman–Crippen MR) is 56.6 cm³/mol. The molecule has 76 valence electrons. The van der Waals surface area contributed by atoms with E-state index in [0.717, 1.165) is 0 Å². The number of carbonyl (C=O) groups is 1. The van der Waals surface area contributed by atoms with Crippen molar-refractivity contribution in [1.29, 1.82) is 0 Å². The zero-order valence-electron chi connectivity index (χ0n) is 8.02. The lowest BCUT2D eigenvalue weighted by Crippen LogP contribution is -2.02. The van der Waals surface area contributed by atoms with Crippen LogP contribution in [0.4, 0.5) is 5.69 Å². The first-order valence-electron chi connectivity index (χ1n) is 4.16. The Kier molecular flexibility index (Phi) is 3.35. The molecule has 0 aliphatic carbocycles. The minimum Gasteiger partial charge on any atom is -0.478 e. The largest absolute Gasteiger partial charge is 0.478 e. The highest BCUT2D eigenvalue weighted by Crippen LogP contribution is 2.26. The van der Waals surface area contributed by atoms with Gasteiger partial charge < -0.3 is 10.8 Å². The van der Waals surface area contributed by atoms with E-state index in [1.165, 1.54) is 24.0 Å². The van der Waals surface area contributed by atoms with Gasteiger partial charge in [0.25, 0.3) is 0 Å². The van der Waals surface area contributed by atoms with E-state index in [1.807, 2.05) is 13.8 Å². The molecular formula is C9H12N2O2S. The fourth-order valence-electron chi connectivity index (χ4n) is 0.908. The molecule has 0 radical (unpaired) electrons. The molecule has 0 aromatic carbocycles. The van der Waals surface area contributed by atoms with Crippen molar-refractivity contribution in [3.63, 3.8) is 0 Å². The molecule has 0 bridgehead atoms. The predicted octanol–water partition coefficient (Wildman–Crippen LogP) is 1.86. The number of nitrogens with zero attached hydrogens (tertiary/aromatic N) is 1. The number of hydrogen-bond acceptors (Lipinski definition) is 4. The minimum atomic E-state index is -1.01. The average molecular weight is 212 g/mol. The third kappa shape index (κ3) is 2.63. The van der Waals surface area contributed by atoms with Gasteiger partial charge in [-0.3, -0.25) is 0 Å². The summed E-state index contributed by atoms with van der Waals surface area (Å²) in [6.07, 6.45) is 1.32. The minimum absolute atomic E-state index is 0.121. The second-order valence-electron chi connectivity index (χ2n) is 3.09. The Morgan fingerprint density at radius 1 is 1.64 bits per heavy atom. The first kappa shape index (κ1) is 10.8. The number of aromatic nitrogens is 1. The normalized spacial score (nSPS) is 10.5. The van der Waals surface area contributed by atoms with Gasteiger partial charge >= 0.3 is 5.97 Å². The number of rotatable bonds is 3. The smallest absolute Gasteiger partial charge is 0.337 e. The van der Waals surface area contributed by atoms with E-state index in [-0.39, 0.29) is 5.56 Å². The molecule has 1 rings (SSSR count). The van der Waals surface area contributed by atoms with Gasteiger partial charge in [0.2, 0.25) is 0 Å². The third-order valence-electron chi connectivity index (χ3n) is 1.47. The van der Waals surface area contributed by atoms with Crippen LogP contribution in [0.1, 0.15) is 24.2 Å². The Bertz CT molecular complexity index is 353. The van der Waals surface area contributed by atoms with Gasteiger partial charge in [-0.2, -0.15) is 0 Å². The molecule has 0 atom stereocenters. The van der Waals surface area contributed by atoms with Crippen molar-refractivity contribution in [2.45, 2.75) is 24.1 Å². The molecular weight excluding hydrogens is 200 g/mol. The van der Waals surface area contributed by atoms with Crippen molar-refractivity contribution >= 4 is 23.4 Å². The lowest BCUT2D eigenvalue weighted by atomic mass is 10.3. The zero-order valence-corrected chi connectivity index (χ0v) is 8.84. The number of thioether (sulfide) groups is 1. The monoisotopic (exact) mass is 212 g/mol. The fraction of sp³-hybridized carbons (Fsp3) is 0.333. The van der Waals surface area contributed by atoms with Gasteiger partial charge in [-0.25, -0.2) is 9.78 Å². The summed E-state index contributed by atoms with van der Waals surface area (Å²) in [6.45, 7) is 4.05. The topological polar surface area (TPSA) is 76.2 Å². The highest BCUT2D eigenvalue weighted by atomic mass is 32.2. The fourth-order valence-corrected chi connectivity index (χ4v) is 1.66. The van der Waals surface area contributed by atoms with E-state index < -0.39 is 5.97 Å². The molecule has 0 spiro atoms. The molecule has 4 nitrogen and oxygen atoms in total. The molecule has 0 unspecified atom stereocenters. The van der Waals surface area contributed by atoms with Crippen LogP contribution in [-0.2, 0) is 0 Å². The van der Waals surface area contributed by atoms with Crippen LogP contribution in [-0.4, -0.2) is 21.3 Å². The standard InChI is InChI=1S/C9H12N2O2S/c1-5(2)14-8-7(10)3-6(4-11-8)9(12)13/h3-5H,10H2,1-2H3,(H,12,13). The van der Waals surface area contributed by atoms with Gasteiger partial charge in [-0.1, -0.05) is 13.8 Å². The van der Waals surface area contributed by atoms with E-state index in [2.05, 4.69) is 4.98 Å². The number of aromatic carboxylic acids is 1. The van der Waals surface area contributed by atoms with E-state index in [1.54, 1.807) is 0 Å². The van der Waals surface area contributed by atoms with Gasteiger partial charge in [-0.05, 0) is 6.07 Å². The number of nitrogen functional groups attached to an aromatic ring is 1. The van der Waals surface area contributed by atoms with E-state index >= 15 is 0 Å². The van der Waals surface area contributed by atoms with Gasteiger partial charge in [0.05, 0.1) is 11.3 Å². The molecule has 0 saturated carbocycles. The highest BCUT2D eigenvalue weighted by Gasteiger charge is 2.09. The lowest BCUT2D eigenvalue weighted by Gasteiger charge is -2.06. The quantitative estimate of drug-likeness (QED) is 0.748. The first-order valence-corrected chi connectivity index (χ1v) is 5.04. The Morgan fingerprint density at radius 3 is 2.71 bits per heavy atom. The summed E-state index contributed by atoms with van der Waals surface area (Å²) in [5.41, 5.74) is 6.20. The Morgan fingerprint density at radius 2 is 2.29 bits per heavy atom. The Hall–Kier alpha value is -1.23. The van der Waals surface area contributed by atoms with Gasteiger partial charge in [0, 0.05) is 11.4 Å². The van der Waals surface area contributed by atoms with Crippen LogP contribution >= 0.6 is 11.8 Å². The summed E-state index contributed by atoms with van der Waals surface area (Å²) in [6, 6.07) is 1.43. The molecule has 0 aliphatic rings. The molecule has 14 heavy (non-hydrogen) atoms. The summed E-state index contributed by atoms with van der Waals surface area (Å²) in [5.74, 6) is -1.01. The number of carboxylic acid groups (broad SMARTS) is 1. The summed E-state index contributed by atoms with van der Waals surface area (Å²) in [4.78, 5) is 14.6. The molecule has 0 saturated heterocycles. The molecule has 5 heteroatoms. The summed E-state index contributed by atoms with van der Waals surface area (Å²) in [7, 11) is 0. The number of anilines is 1. The van der Waals surface area contributed by atoms with Crippen LogP contribution in [0.15, 0.2) is 17.3 Å². The zero-order chi connectivity index (χ0) is 10.7. The number of carboxylic acids is 1. The average Bonchev–Trinajstić information content (AvgIpc) is 2.07. The van der Waals surface area contributed by atoms with Crippen LogP contribution < -0.4 is 5.73 Å². The lowest BCUT2D eigenvalue weighted by molar-refractivity contribution is 0.0696. The number of hydrogen-bond donors (Lipinski definition) is 2. The van der Waals surface area contributed by atoms with Crippen molar-refractivity contribution in [1.82, 2.24) is 4.98 Å². The van der Waals surface area contributed by atoms with Gasteiger partial charge in [0.15, 0.2) is 0 Å². The second-order valence-corrected chi connectivity index (χ2v) is 4.66. The SMILES string of the molecule is CC(C)Sc1ncc(C(=O)O)cc1N. The summed E-state index contributed by atoms with van der Waals surface area (Å²) in [5, 5.41) is 9.74. The summed E-state index contributed by atoms with van der Waals surface area (Å²) < 4.78 is 0. The van der Waals surface area contributed by atoms with Crippen LogP contribution in [0, 0.1) is 0 Å². The number of nitrogens with two attached hydrogens (primary N) is 1. The molecule has 1 heterocycles. The Balaban J connectivity index is 2.95.